The molecule has 2 aliphatic heterocycles. The maximum Gasteiger partial charge on any atom is 0.325 e. The van der Waals surface area contributed by atoms with Gasteiger partial charge in [0, 0.05) is 32.1 Å². The van der Waals surface area contributed by atoms with Gasteiger partial charge in [-0.25, -0.2) is 9.59 Å². The summed E-state index contributed by atoms with van der Waals surface area (Å²) in [5, 5.41) is 7.86. The Bertz CT molecular complexity index is 1150. The maximum atomic E-state index is 12.7. The van der Waals surface area contributed by atoms with E-state index in [1.807, 2.05) is 36.4 Å². The van der Waals surface area contributed by atoms with Gasteiger partial charge in [-0.1, -0.05) is 24.3 Å². The number of anilines is 2. The summed E-state index contributed by atoms with van der Waals surface area (Å²) >= 11 is 0. The topological polar surface area (TPSA) is 111 Å². The zero-order chi connectivity index (χ0) is 21.8. The van der Waals surface area contributed by atoms with Gasteiger partial charge in [0.05, 0.1) is 5.69 Å². The lowest BCUT2D eigenvalue weighted by atomic mass is 9.96. The van der Waals surface area contributed by atoms with Crippen LogP contribution >= 0.6 is 0 Å². The lowest BCUT2D eigenvalue weighted by Crippen LogP contribution is -2.48. The number of imide groups is 1. The molecule has 1 atom stereocenters. The fourth-order valence-corrected chi connectivity index (χ4v) is 4.57. The fourth-order valence-electron chi connectivity index (χ4n) is 4.57. The summed E-state index contributed by atoms with van der Waals surface area (Å²) in [6.45, 7) is 0.392. The number of urea groups is 2. The summed E-state index contributed by atoms with van der Waals surface area (Å²) in [6.07, 6.45) is 0.784. The van der Waals surface area contributed by atoms with Crippen LogP contribution in [0.5, 0.6) is 0 Å². The molecule has 2 aromatic carbocycles. The second-order valence-electron chi connectivity index (χ2n) is 8.23. The van der Waals surface area contributed by atoms with Crippen molar-refractivity contribution >= 4 is 35.3 Å². The standard InChI is InChI=1S/C22H21N5O4/c1-26-11-14-4-2-3-5-17(14)27(21(26)31)12-18(28)23-16-7-6-13-9-22(10-15(13)8-16)19(29)24-20(30)25-22/h2-8H,9-12H2,1H3,(H,23,28)(H2,24,25,29,30). The highest BCUT2D eigenvalue weighted by Gasteiger charge is 2.50. The van der Waals surface area contributed by atoms with Crippen molar-refractivity contribution in [2.24, 2.45) is 0 Å². The molecule has 0 bridgehead atoms. The van der Waals surface area contributed by atoms with Crippen molar-refractivity contribution in [2.45, 2.75) is 24.9 Å². The average Bonchev–Trinajstić information content (AvgIpc) is 3.22. The first-order valence-electron chi connectivity index (χ1n) is 10.0. The van der Waals surface area contributed by atoms with Crippen LogP contribution in [-0.2, 0) is 29.0 Å². The number of nitrogens with one attached hydrogen (secondary N) is 3. The molecule has 1 unspecified atom stereocenters. The molecule has 31 heavy (non-hydrogen) atoms. The highest BCUT2D eigenvalue weighted by Crippen LogP contribution is 2.34. The largest absolute Gasteiger partial charge is 0.325 e. The number of carbonyl (C=O) groups is 4. The lowest BCUT2D eigenvalue weighted by Gasteiger charge is -2.34. The molecule has 6 amide bonds. The summed E-state index contributed by atoms with van der Waals surface area (Å²) in [5.74, 6) is -0.649. The number of hydrogen-bond acceptors (Lipinski definition) is 4. The molecular formula is C22H21N5O4. The van der Waals surface area contributed by atoms with Gasteiger partial charge in [-0.3, -0.25) is 19.8 Å². The van der Waals surface area contributed by atoms with Crippen LogP contribution in [0.15, 0.2) is 42.5 Å². The molecule has 158 valence electrons. The van der Waals surface area contributed by atoms with Gasteiger partial charge in [-0.15, -0.1) is 0 Å². The average molecular weight is 419 g/mol. The Morgan fingerprint density at radius 2 is 1.84 bits per heavy atom. The van der Waals surface area contributed by atoms with Crippen LogP contribution in [0.2, 0.25) is 0 Å². The Kier molecular flexibility index (Phi) is 4.21. The molecule has 1 fully saturated rings. The monoisotopic (exact) mass is 419 g/mol. The molecule has 1 aliphatic carbocycles. The summed E-state index contributed by atoms with van der Waals surface area (Å²) in [7, 11) is 1.71. The Hall–Kier alpha value is -3.88. The minimum atomic E-state index is -0.948. The van der Waals surface area contributed by atoms with Crippen LogP contribution in [0.3, 0.4) is 0 Å². The second-order valence-corrected chi connectivity index (χ2v) is 8.23. The van der Waals surface area contributed by atoms with Crippen molar-refractivity contribution in [3.63, 3.8) is 0 Å². The lowest BCUT2D eigenvalue weighted by molar-refractivity contribution is -0.123. The SMILES string of the molecule is CN1Cc2ccccc2N(CC(=O)Nc2ccc3c(c2)CC2(C3)NC(=O)NC2=O)C1=O. The molecule has 0 radical (unpaired) electrons. The normalized spacial score (nSPS) is 21.6. The highest BCUT2D eigenvalue weighted by molar-refractivity contribution is 6.08. The third-order valence-electron chi connectivity index (χ3n) is 6.04. The van der Waals surface area contributed by atoms with Gasteiger partial charge in [0.2, 0.25) is 5.91 Å². The number of fused-ring (bicyclic) bond motifs is 2. The van der Waals surface area contributed by atoms with Gasteiger partial charge < -0.3 is 15.5 Å². The van der Waals surface area contributed by atoms with Crippen molar-refractivity contribution in [3.8, 4) is 0 Å². The van der Waals surface area contributed by atoms with E-state index in [2.05, 4.69) is 16.0 Å². The smallest absolute Gasteiger partial charge is 0.325 e. The van der Waals surface area contributed by atoms with Crippen LogP contribution < -0.4 is 20.9 Å². The summed E-state index contributed by atoms with van der Waals surface area (Å²) in [6, 6.07) is 12.3. The van der Waals surface area contributed by atoms with Gasteiger partial charge in [0.1, 0.15) is 12.1 Å². The minimum absolute atomic E-state index is 0.111. The Morgan fingerprint density at radius 3 is 2.61 bits per heavy atom. The van der Waals surface area contributed by atoms with E-state index in [4.69, 9.17) is 0 Å². The molecule has 0 aromatic heterocycles. The molecule has 2 aromatic rings. The number of amides is 6. The molecule has 9 heteroatoms. The molecule has 1 spiro atoms. The van der Waals surface area contributed by atoms with E-state index in [9.17, 15) is 19.2 Å². The third-order valence-corrected chi connectivity index (χ3v) is 6.04. The van der Waals surface area contributed by atoms with Gasteiger partial charge in [-0.2, -0.15) is 0 Å². The molecule has 3 aliphatic rings. The van der Waals surface area contributed by atoms with Crippen molar-refractivity contribution in [1.29, 1.82) is 0 Å². The molecule has 2 heterocycles. The highest BCUT2D eigenvalue weighted by atomic mass is 16.2. The van der Waals surface area contributed by atoms with E-state index in [1.54, 1.807) is 18.0 Å². The molecule has 9 nitrogen and oxygen atoms in total. The third kappa shape index (κ3) is 3.18. The number of carbonyl (C=O) groups excluding carboxylic acids is 4. The van der Waals surface area contributed by atoms with Crippen molar-refractivity contribution in [3.05, 3.63) is 59.2 Å². The van der Waals surface area contributed by atoms with Gasteiger partial charge in [-0.05, 0) is 34.9 Å². The number of para-hydroxylation sites is 1. The minimum Gasteiger partial charge on any atom is -0.325 e. The van der Waals surface area contributed by atoms with Crippen molar-refractivity contribution in [2.75, 3.05) is 23.8 Å². The van der Waals surface area contributed by atoms with Crippen LogP contribution in [0.1, 0.15) is 16.7 Å². The number of rotatable bonds is 3. The zero-order valence-corrected chi connectivity index (χ0v) is 16.9. The number of hydrogen-bond donors (Lipinski definition) is 3. The fraction of sp³-hybridized carbons (Fsp3) is 0.273. The summed E-state index contributed by atoms with van der Waals surface area (Å²) in [5.41, 5.74) is 3.20. The molecule has 5 rings (SSSR count). The molecular weight excluding hydrogens is 398 g/mol. The molecule has 0 saturated carbocycles. The summed E-state index contributed by atoms with van der Waals surface area (Å²) in [4.78, 5) is 52.2. The van der Waals surface area contributed by atoms with Crippen molar-refractivity contribution in [1.82, 2.24) is 15.5 Å². The van der Waals surface area contributed by atoms with Gasteiger partial charge in [0.25, 0.3) is 5.91 Å². The number of benzene rings is 2. The quantitative estimate of drug-likeness (QED) is 0.653. The van der Waals surface area contributed by atoms with Crippen LogP contribution in [-0.4, -0.2) is 47.9 Å². The predicted octanol–water partition coefficient (Wildman–Crippen LogP) is 1.37. The molecule has 3 N–H and O–H groups in total. The van der Waals surface area contributed by atoms with E-state index in [-0.39, 0.29) is 24.4 Å². The van der Waals surface area contributed by atoms with Crippen LogP contribution in [0, 0.1) is 0 Å². The van der Waals surface area contributed by atoms with Gasteiger partial charge >= 0.3 is 12.1 Å². The molecule has 1 saturated heterocycles. The first-order chi connectivity index (χ1) is 14.8. The van der Waals surface area contributed by atoms with E-state index in [0.29, 0.717) is 25.1 Å². The predicted molar refractivity (Wildman–Crippen MR) is 113 cm³/mol. The summed E-state index contributed by atoms with van der Waals surface area (Å²) < 4.78 is 0. The Labute approximate surface area is 178 Å². The zero-order valence-electron chi connectivity index (χ0n) is 16.9. The Morgan fingerprint density at radius 1 is 1.06 bits per heavy atom. The van der Waals surface area contributed by atoms with Gasteiger partial charge in [0.15, 0.2) is 0 Å². The van der Waals surface area contributed by atoms with E-state index in [0.717, 1.165) is 22.4 Å². The van der Waals surface area contributed by atoms with E-state index >= 15 is 0 Å². The second kappa shape index (κ2) is 6.83. The van der Waals surface area contributed by atoms with Crippen molar-refractivity contribution < 1.29 is 19.2 Å². The first kappa shape index (κ1) is 19.1. The van der Waals surface area contributed by atoms with Crippen LogP contribution in [0.25, 0.3) is 0 Å². The van der Waals surface area contributed by atoms with E-state index in [1.165, 1.54) is 4.90 Å². The Balaban J connectivity index is 1.31. The first-order valence-corrected chi connectivity index (χ1v) is 10.0. The van der Waals surface area contributed by atoms with E-state index < -0.39 is 11.6 Å². The maximum absolute atomic E-state index is 12.7. The van der Waals surface area contributed by atoms with Crippen LogP contribution in [0.4, 0.5) is 21.0 Å². The number of nitrogens with zero attached hydrogens (tertiary/aromatic N) is 2.